The third-order valence-corrected chi connectivity index (χ3v) is 3.54. The summed E-state index contributed by atoms with van der Waals surface area (Å²) in [7, 11) is 0. The monoisotopic (exact) mass is 325 g/mol. The van der Waals surface area contributed by atoms with Crippen molar-refractivity contribution in [3.63, 3.8) is 0 Å². The van der Waals surface area contributed by atoms with Crippen molar-refractivity contribution in [2.24, 2.45) is 0 Å². The normalized spacial score (nSPS) is 10.5. The molecule has 0 aliphatic carbocycles. The number of amides is 1. The Hall–Kier alpha value is -1.82. The standard InChI is InChI=1S/C13H12BrNO4/c1-3-18-13(17)15-8-4-5-9-7(2)11(14)12(16)19-10(9)6-8/h4-6H,3H2,1-2H3,(H,15,17). The highest BCUT2D eigenvalue weighted by Gasteiger charge is 2.10. The zero-order valence-electron chi connectivity index (χ0n) is 10.5. The first kappa shape index (κ1) is 13.6. The van der Waals surface area contributed by atoms with Gasteiger partial charge in [-0.3, -0.25) is 5.32 Å². The lowest BCUT2D eigenvalue weighted by Crippen LogP contribution is -2.13. The molecule has 19 heavy (non-hydrogen) atoms. The van der Waals surface area contributed by atoms with E-state index in [1.807, 2.05) is 6.92 Å². The van der Waals surface area contributed by atoms with E-state index in [4.69, 9.17) is 9.15 Å². The van der Waals surface area contributed by atoms with Gasteiger partial charge in [-0.15, -0.1) is 0 Å². The predicted octanol–water partition coefficient (Wildman–Crippen LogP) is 3.43. The van der Waals surface area contributed by atoms with Crippen LogP contribution in [0.1, 0.15) is 12.5 Å². The summed E-state index contributed by atoms with van der Waals surface area (Å²) in [5.41, 5.74) is 1.28. The van der Waals surface area contributed by atoms with E-state index in [0.29, 0.717) is 22.4 Å². The second-order valence-electron chi connectivity index (χ2n) is 3.88. The highest BCUT2D eigenvalue weighted by atomic mass is 79.9. The molecule has 6 heteroatoms. The zero-order valence-corrected chi connectivity index (χ0v) is 12.0. The zero-order chi connectivity index (χ0) is 14.0. The average Bonchev–Trinajstić information content (AvgIpc) is 2.36. The highest BCUT2D eigenvalue weighted by molar-refractivity contribution is 9.10. The van der Waals surface area contributed by atoms with Crippen LogP contribution in [0.3, 0.4) is 0 Å². The summed E-state index contributed by atoms with van der Waals surface area (Å²) in [4.78, 5) is 22.9. The molecule has 0 bridgehead atoms. The lowest BCUT2D eigenvalue weighted by atomic mass is 10.1. The second kappa shape index (κ2) is 5.44. The van der Waals surface area contributed by atoms with Gasteiger partial charge in [-0.05, 0) is 47.5 Å². The number of hydrogen-bond donors (Lipinski definition) is 1. The molecule has 0 fully saturated rings. The van der Waals surface area contributed by atoms with Gasteiger partial charge in [0.2, 0.25) is 0 Å². The molecule has 0 unspecified atom stereocenters. The minimum atomic E-state index is -0.543. The van der Waals surface area contributed by atoms with Crippen LogP contribution in [-0.4, -0.2) is 12.7 Å². The molecule has 2 rings (SSSR count). The quantitative estimate of drug-likeness (QED) is 0.859. The van der Waals surface area contributed by atoms with E-state index >= 15 is 0 Å². The van der Waals surface area contributed by atoms with Crippen molar-refractivity contribution in [1.29, 1.82) is 0 Å². The molecule has 0 spiro atoms. The fourth-order valence-corrected chi connectivity index (χ4v) is 1.99. The number of anilines is 1. The molecule has 1 N–H and O–H groups in total. The largest absolute Gasteiger partial charge is 0.450 e. The van der Waals surface area contributed by atoms with E-state index < -0.39 is 11.7 Å². The van der Waals surface area contributed by atoms with Crippen molar-refractivity contribution in [1.82, 2.24) is 0 Å². The average molecular weight is 326 g/mol. The molecular formula is C13H12BrNO4. The molecule has 0 saturated heterocycles. The first-order valence-electron chi connectivity index (χ1n) is 5.69. The summed E-state index contributed by atoms with van der Waals surface area (Å²) in [6.45, 7) is 3.84. The van der Waals surface area contributed by atoms with Crippen LogP contribution in [0.4, 0.5) is 10.5 Å². The minimum Gasteiger partial charge on any atom is -0.450 e. The predicted molar refractivity (Wildman–Crippen MR) is 75.6 cm³/mol. The number of nitrogens with one attached hydrogen (secondary N) is 1. The van der Waals surface area contributed by atoms with Gasteiger partial charge in [-0.25, -0.2) is 9.59 Å². The summed E-state index contributed by atoms with van der Waals surface area (Å²) in [5.74, 6) is 0. The van der Waals surface area contributed by atoms with Crippen molar-refractivity contribution in [2.45, 2.75) is 13.8 Å². The van der Waals surface area contributed by atoms with Gasteiger partial charge in [-0.2, -0.15) is 0 Å². The topological polar surface area (TPSA) is 68.5 Å². The Bertz CT molecular complexity index is 693. The fourth-order valence-electron chi connectivity index (χ4n) is 1.70. The minimum absolute atomic E-state index is 0.292. The van der Waals surface area contributed by atoms with Crippen LogP contribution in [0.5, 0.6) is 0 Å². The number of halogens is 1. The maximum Gasteiger partial charge on any atom is 0.411 e. The van der Waals surface area contributed by atoms with Crippen molar-refractivity contribution in [3.05, 3.63) is 38.7 Å². The van der Waals surface area contributed by atoms with Gasteiger partial charge in [-0.1, -0.05) is 0 Å². The van der Waals surface area contributed by atoms with Gasteiger partial charge in [0.15, 0.2) is 0 Å². The summed E-state index contributed by atoms with van der Waals surface area (Å²) in [6, 6.07) is 5.09. The summed E-state index contributed by atoms with van der Waals surface area (Å²) in [6.07, 6.45) is -0.543. The van der Waals surface area contributed by atoms with Gasteiger partial charge in [0.1, 0.15) is 10.1 Å². The lowest BCUT2D eigenvalue weighted by molar-refractivity contribution is 0.168. The van der Waals surface area contributed by atoms with Crippen LogP contribution in [-0.2, 0) is 4.74 Å². The first-order chi connectivity index (χ1) is 9.02. The highest BCUT2D eigenvalue weighted by Crippen LogP contribution is 2.25. The van der Waals surface area contributed by atoms with Gasteiger partial charge in [0.05, 0.1) is 6.61 Å². The number of ether oxygens (including phenoxy) is 1. The molecule has 1 heterocycles. The summed E-state index contributed by atoms with van der Waals surface area (Å²) >= 11 is 3.18. The van der Waals surface area contributed by atoms with Crippen LogP contribution in [0, 0.1) is 6.92 Å². The number of carbonyl (C=O) groups is 1. The Morgan fingerprint density at radius 1 is 1.47 bits per heavy atom. The molecule has 1 aromatic carbocycles. The van der Waals surface area contributed by atoms with E-state index in [0.717, 1.165) is 10.9 Å². The fraction of sp³-hybridized carbons (Fsp3) is 0.231. The van der Waals surface area contributed by atoms with E-state index in [1.165, 1.54) is 0 Å². The number of carbonyl (C=O) groups excluding carboxylic acids is 1. The molecule has 100 valence electrons. The van der Waals surface area contributed by atoms with E-state index in [2.05, 4.69) is 21.2 Å². The number of fused-ring (bicyclic) bond motifs is 1. The molecule has 2 aromatic rings. The van der Waals surface area contributed by atoms with Gasteiger partial charge in [0, 0.05) is 17.1 Å². The molecule has 0 radical (unpaired) electrons. The lowest BCUT2D eigenvalue weighted by Gasteiger charge is -2.07. The van der Waals surface area contributed by atoms with Gasteiger partial charge in [0.25, 0.3) is 0 Å². The van der Waals surface area contributed by atoms with Crippen molar-refractivity contribution in [2.75, 3.05) is 11.9 Å². The molecule has 0 aliphatic rings. The third-order valence-electron chi connectivity index (χ3n) is 2.62. The van der Waals surface area contributed by atoms with Crippen LogP contribution in [0.2, 0.25) is 0 Å². The molecule has 0 aliphatic heterocycles. The Balaban J connectivity index is 2.44. The second-order valence-corrected chi connectivity index (χ2v) is 4.68. The molecule has 1 aromatic heterocycles. The van der Waals surface area contributed by atoms with Crippen molar-refractivity contribution in [3.8, 4) is 0 Å². The molecule has 1 amide bonds. The van der Waals surface area contributed by atoms with E-state index in [9.17, 15) is 9.59 Å². The van der Waals surface area contributed by atoms with Crippen LogP contribution in [0.15, 0.2) is 31.9 Å². The van der Waals surface area contributed by atoms with E-state index in [1.54, 1.807) is 25.1 Å². The summed E-state index contributed by atoms with van der Waals surface area (Å²) < 4.78 is 10.3. The van der Waals surface area contributed by atoms with E-state index in [-0.39, 0.29) is 0 Å². The van der Waals surface area contributed by atoms with Crippen LogP contribution < -0.4 is 10.9 Å². The maximum absolute atomic E-state index is 11.6. The van der Waals surface area contributed by atoms with Crippen molar-refractivity contribution < 1.29 is 13.9 Å². The maximum atomic E-state index is 11.6. The smallest absolute Gasteiger partial charge is 0.411 e. The summed E-state index contributed by atoms with van der Waals surface area (Å²) in [5, 5.41) is 3.36. The third kappa shape index (κ3) is 2.78. The molecule has 0 atom stereocenters. The van der Waals surface area contributed by atoms with Gasteiger partial charge < -0.3 is 9.15 Å². The SMILES string of the molecule is CCOC(=O)Nc1ccc2c(C)c(Br)c(=O)oc2c1. The van der Waals surface area contributed by atoms with Crippen molar-refractivity contribution >= 4 is 38.7 Å². The van der Waals surface area contributed by atoms with Crippen LogP contribution in [0.25, 0.3) is 11.0 Å². The Labute approximate surface area is 117 Å². The number of rotatable bonds is 2. The molecular weight excluding hydrogens is 314 g/mol. The number of benzene rings is 1. The molecule has 5 nitrogen and oxygen atoms in total. The number of hydrogen-bond acceptors (Lipinski definition) is 4. The van der Waals surface area contributed by atoms with Crippen LogP contribution >= 0.6 is 15.9 Å². The van der Waals surface area contributed by atoms with Gasteiger partial charge >= 0.3 is 11.7 Å². The Morgan fingerprint density at radius 3 is 2.89 bits per heavy atom. The number of aryl methyl sites for hydroxylation is 1. The Morgan fingerprint density at radius 2 is 2.21 bits per heavy atom. The Kier molecular flexibility index (Phi) is 3.90. The molecule has 0 saturated carbocycles. The first-order valence-corrected chi connectivity index (χ1v) is 6.49.